The van der Waals surface area contributed by atoms with Crippen molar-refractivity contribution in [2.45, 2.75) is 39.2 Å². The first-order valence-corrected chi connectivity index (χ1v) is 8.15. The summed E-state index contributed by atoms with van der Waals surface area (Å²) in [6.07, 6.45) is 5.46. The van der Waals surface area contributed by atoms with Gasteiger partial charge in [-0.2, -0.15) is 0 Å². The van der Waals surface area contributed by atoms with E-state index in [2.05, 4.69) is 12.2 Å². The summed E-state index contributed by atoms with van der Waals surface area (Å²) < 4.78 is 10.6. The third-order valence-corrected chi connectivity index (χ3v) is 4.99. The quantitative estimate of drug-likeness (QED) is 0.851. The van der Waals surface area contributed by atoms with Gasteiger partial charge in [0.15, 0.2) is 11.5 Å². The molecule has 1 fully saturated rings. The van der Waals surface area contributed by atoms with E-state index in [0.717, 1.165) is 30.5 Å². The summed E-state index contributed by atoms with van der Waals surface area (Å²) in [5.41, 5.74) is 1.05. The van der Waals surface area contributed by atoms with Crippen LogP contribution in [0.15, 0.2) is 12.1 Å². The third-order valence-electron chi connectivity index (χ3n) is 4.58. The van der Waals surface area contributed by atoms with Gasteiger partial charge >= 0.3 is 0 Å². The predicted octanol–water partition coefficient (Wildman–Crippen LogP) is 4.27. The molecule has 0 aromatic heterocycles. The molecule has 0 saturated heterocycles. The van der Waals surface area contributed by atoms with Crippen LogP contribution in [0.5, 0.6) is 11.5 Å². The highest BCUT2D eigenvalue weighted by molar-refractivity contribution is 6.33. The molecule has 4 heteroatoms. The zero-order chi connectivity index (χ0) is 15.2. The lowest BCUT2D eigenvalue weighted by Crippen LogP contribution is -2.29. The van der Waals surface area contributed by atoms with Crippen molar-refractivity contribution >= 4 is 11.6 Å². The van der Waals surface area contributed by atoms with Gasteiger partial charge in [0, 0.05) is 6.54 Å². The minimum Gasteiger partial charge on any atom is -0.493 e. The average molecular weight is 312 g/mol. The molecule has 0 aliphatic heterocycles. The Morgan fingerprint density at radius 1 is 1.19 bits per heavy atom. The Hall–Kier alpha value is -0.930. The zero-order valence-corrected chi connectivity index (χ0v) is 14.0. The van der Waals surface area contributed by atoms with Crippen molar-refractivity contribution in [3.63, 3.8) is 0 Å². The second kappa shape index (κ2) is 7.90. The molecule has 2 atom stereocenters. The van der Waals surface area contributed by atoms with Gasteiger partial charge < -0.3 is 14.8 Å². The molecular formula is C17H26ClNO2. The average Bonchev–Trinajstić information content (AvgIpc) is 2.50. The van der Waals surface area contributed by atoms with Crippen LogP contribution >= 0.6 is 11.6 Å². The van der Waals surface area contributed by atoms with Crippen LogP contribution in [0.3, 0.4) is 0 Å². The van der Waals surface area contributed by atoms with E-state index in [1.165, 1.54) is 25.7 Å². The molecule has 1 aliphatic rings. The summed E-state index contributed by atoms with van der Waals surface area (Å²) in [6, 6.07) is 3.91. The Labute approximate surface area is 133 Å². The predicted molar refractivity (Wildman–Crippen MR) is 87.4 cm³/mol. The van der Waals surface area contributed by atoms with Crippen molar-refractivity contribution < 1.29 is 9.47 Å². The van der Waals surface area contributed by atoms with Crippen molar-refractivity contribution in [2.24, 2.45) is 11.8 Å². The molecule has 0 heterocycles. The van der Waals surface area contributed by atoms with Crippen LogP contribution in [0.25, 0.3) is 0 Å². The summed E-state index contributed by atoms with van der Waals surface area (Å²) in [5, 5.41) is 4.19. The molecular weight excluding hydrogens is 286 g/mol. The number of benzene rings is 1. The van der Waals surface area contributed by atoms with Gasteiger partial charge in [-0.3, -0.25) is 0 Å². The Morgan fingerprint density at radius 2 is 1.95 bits per heavy atom. The minimum absolute atomic E-state index is 0.615. The van der Waals surface area contributed by atoms with Crippen molar-refractivity contribution in [1.82, 2.24) is 5.32 Å². The van der Waals surface area contributed by atoms with Gasteiger partial charge in [0.2, 0.25) is 0 Å². The number of hydrogen-bond acceptors (Lipinski definition) is 3. The van der Waals surface area contributed by atoms with Gasteiger partial charge in [0.25, 0.3) is 0 Å². The van der Waals surface area contributed by atoms with Crippen LogP contribution in [0.4, 0.5) is 0 Å². The Morgan fingerprint density at radius 3 is 2.62 bits per heavy atom. The van der Waals surface area contributed by atoms with Gasteiger partial charge in [-0.25, -0.2) is 0 Å². The molecule has 1 N–H and O–H groups in total. The maximum absolute atomic E-state index is 6.40. The van der Waals surface area contributed by atoms with E-state index in [9.17, 15) is 0 Å². The lowest BCUT2D eigenvalue weighted by Gasteiger charge is -2.29. The van der Waals surface area contributed by atoms with E-state index >= 15 is 0 Å². The Kier molecular flexibility index (Phi) is 6.19. The molecule has 0 bridgehead atoms. The van der Waals surface area contributed by atoms with Crippen LogP contribution in [-0.4, -0.2) is 20.8 Å². The van der Waals surface area contributed by atoms with Crippen molar-refractivity contribution in [3.05, 3.63) is 22.7 Å². The molecule has 2 rings (SSSR count). The standard InChI is InChI=1S/C17H26ClNO2/c1-12-6-4-5-7-13(12)10-19-11-14-8-9-15(20-2)17(21-3)16(14)18/h8-9,12-13,19H,4-7,10-11H2,1-3H3. The van der Waals surface area contributed by atoms with Gasteiger partial charge in [0.05, 0.1) is 19.2 Å². The summed E-state index contributed by atoms with van der Waals surface area (Å²) >= 11 is 6.40. The van der Waals surface area contributed by atoms with Gasteiger partial charge in [-0.05, 0) is 36.4 Å². The monoisotopic (exact) mass is 311 g/mol. The van der Waals surface area contributed by atoms with Crippen LogP contribution in [0.2, 0.25) is 5.02 Å². The Balaban J connectivity index is 1.94. The SMILES string of the molecule is COc1ccc(CNCC2CCCCC2C)c(Cl)c1OC. The van der Waals surface area contributed by atoms with Gasteiger partial charge in [-0.1, -0.05) is 43.9 Å². The fourth-order valence-corrected chi connectivity index (χ4v) is 3.46. The molecule has 3 nitrogen and oxygen atoms in total. The van der Waals surface area contributed by atoms with Crippen LogP contribution in [0.1, 0.15) is 38.2 Å². The number of nitrogens with one attached hydrogen (secondary N) is 1. The highest BCUT2D eigenvalue weighted by Crippen LogP contribution is 2.37. The first kappa shape index (κ1) is 16.4. The molecule has 0 amide bonds. The smallest absolute Gasteiger partial charge is 0.179 e. The van der Waals surface area contributed by atoms with Crippen molar-refractivity contribution in [1.29, 1.82) is 0 Å². The number of rotatable bonds is 6. The number of methoxy groups -OCH3 is 2. The molecule has 0 spiro atoms. The largest absolute Gasteiger partial charge is 0.493 e. The van der Waals surface area contributed by atoms with Crippen LogP contribution < -0.4 is 14.8 Å². The molecule has 1 aromatic rings. The van der Waals surface area contributed by atoms with Crippen molar-refractivity contribution in [3.8, 4) is 11.5 Å². The fraction of sp³-hybridized carbons (Fsp3) is 0.647. The molecule has 1 aromatic carbocycles. The molecule has 1 saturated carbocycles. The van der Waals surface area contributed by atoms with Gasteiger partial charge in [0.1, 0.15) is 0 Å². The summed E-state index contributed by atoms with van der Waals surface area (Å²) in [4.78, 5) is 0. The molecule has 21 heavy (non-hydrogen) atoms. The first-order chi connectivity index (χ1) is 10.2. The molecule has 2 unspecified atom stereocenters. The van der Waals surface area contributed by atoms with Crippen molar-refractivity contribution in [2.75, 3.05) is 20.8 Å². The number of ether oxygens (including phenoxy) is 2. The first-order valence-electron chi connectivity index (χ1n) is 7.77. The normalized spacial score (nSPS) is 22.1. The lowest BCUT2D eigenvalue weighted by molar-refractivity contribution is 0.247. The van der Waals surface area contributed by atoms with E-state index < -0.39 is 0 Å². The summed E-state index contributed by atoms with van der Waals surface area (Å²) in [7, 11) is 3.24. The topological polar surface area (TPSA) is 30.5 Å². The lowest BCUT2D eigenvalue weighted by atomic mass is 9.80. The van der Waals surface area contributed by atoms with Crippen LogP contribution in [0, 0.1) is 11.8 Å². The highest BCUT2D eigenvalue weighted by atomic mass is 35.5. The second-order valence-corrected chi connectivity index (χ2v) is 6.30. The van der Waals surface area contributed by atoms with E-state index in [1.54, 1.807) is 14.2 Å². The van der Waals surface area contributed by atoms with Gasteiger partial charge in [-0.15, -0.1) is 0 Å². The van der Waals surface area contributed by atoms with E-state index in [1.807, 2.05) is 12.1 Å². The molecule has 118 valence electrons. The maximum Gasteiger partial charge on any atom is 0.179 e. The number of hydrogen-bond donors (Lipinski definition) is 1. The van der Waals surface area contributed by atoms with E-state index in [0.29, 0.717) is 16.5 Å². The minimum atomic E-state index is 0.615. The Bertz CT molecular complexity index is 464. The molecule has 0 radical (unpaired) electrons. The second-order valence-electron chi connectivity index (χ2n) is 5.93. The summed E-state index contributed by atoms with van der Waals surface area (Å²) in [5.74, 6) is 2.90. The highest BCUT2D eigenvalue weighted by Gasteiger charge is 2.21. The third kappa shape index (κ3) is 4.04. The number of halogens is 1. The van der Waals surface area contributed by atoms with Crippen LogP contribution in [-0.2, 0) is 6.54 Å². The van der Waals surface area contributed by atoms with E-state index in [4.69, 9.17) is 21.1 Å². The zero-order valence-electron chi connectivity index (χ0n) is 13.2. The van der Waals surface area contributed by atoms with E-state index in [-0.39, 0.29) is 0 Å². The summed E-state index contributed by atoms with van der Waals surface area (Å²) in [6.45, 7) is 4.20. The molecule has 1 aliphatic carbocycles. The maximum atomic E-state index is 6.40. The fourth-order valence-electron chi connectivity index (χ4n) is 3.16.